The molecule has 0 fully saturated rings. The molecule has 1 aliphatic rings. The van der Waals surface area contributed by atoms with Crippen molar-refractivity contribution in [2.75, 3.05) is 11.5 Å². The van der Waals surface area contributed by atoms with Crippen LogP contribution in [-0.2, 0) is 16.0 Å². The number of amides is 1. The number of esters is 1. The highest BCUT2D eigenvalue weighted by Crippen LogP contribution is 2.31. The van der Waals surface area contributed by atoms with Crippen LogP contribution < -0.4 is 10.5 Å². The molecule has 0 radical (unpaired) electrons. The number of aromatic nitrogens is 1. The minimum Gasteiger partial charge on any atom is -0.452 e. The van der Waals surface area contributed by atoms with Crippen molar-refractivity contribution in [1.82, 2.24) is 4.98 Å². The van der Waals surface area contributed by atoms with Gasteiger partial charge in [0.1, 0.15) is 0 Å². The number of fused-ring (bicyclic) bond motifs is 2. The number of H-pyrrole nitrogens is 1. The molecule has 1 amide bonds. The smallest absolute Gasteiger partial charge is 0.339 e. The number of aromatic amines is 1. The molecule has 2 aromatic carbocycles. The summed E-state index contributed by atoms with van der Waals surface area (Å²) < 4.78 is 5.25. The van der Waals surface area contributed by atoms with Crippen LogP contribution in [0, 0.1) is 0 Å². The highest BCUT2D eigenvalue weighted by Gasteiger charge is 2.31. The molecule has 0 saturated heterocycles. The third-order valence-corrected chi connectivity index (χ3v) is 4.77. The third-order valence-electron chi connectivity index (χ3n) is 4.77. The Bertz CT molecular complexity index is 1100. The number of pyridine rings is 1. The number of hydrogen-bond acceptors (Lipinski definition) is 4. The number of benzene rings is 2. The Balaban J connectivity index is 1.54. The van der Waals surface area contributed by atoms with Crippen molar-refractivity contribution in [2.24, 2.45) is 0 Å². The Morgan fingerprint density at radius 1 is 1.15 bits per heavy atom. The van der Waals surface area contributed by atoms with Gasteiger partial charge in [0.05, 0.1) is 5.56 Å². The van der Waals surface area contributed by atoms with E-state index < -0.39 is 11.5 Å². The maximum atomic E-state index is 12.7. The lowest BCUT2D eigenvalue weighted by Crippen LogP contribution is -2.38. The topological polar surface area (TPSA) is 79.5 Å². The van der Waals surface area contributed by atoms with E-state index in [4.69, 9.17) is 4.74 Å². The van der Waals surface area contributed by atoms with Gasteiger partial charge < -0.3 is 14.6 Å². The summed E-state index contributed by atoms with van der Waals surface area (Å²) in [7, 11) is 0. The zero-order chi connectivity index (χ0) is 19.0. The Hall–Kier alpha value is -3.41. The number of nitrogens with one attached hydrogen (secondary N) is 1. The van der Waals surface area contributed by atoms with Crippen LogP contribution in [0.3, 0.4) is 0 Å². The summed E-state index contributed by atoms with van der Waals surface area (Å²) in [5.74, 6) is -0.972. The fourth-order valence-electron chi connectivity index (χ4n) is 3.59. The molecule has 136 valence electrons. The summed E-state index contributed by atoms with van der Waals surface area (Å²) >= 11 is 0. The number of rotatable bonds is 3. The van der Waals surface area contributed by atoms with Gasteiger partial charge in [-0.2, -0.15) is 0 Å². The number of hydrogen-bond donors (Lipinski definition) is 1. The van der Waals surface area contributed by atoms with Gasteiger partial charge in [-0.25, -0.2) is 4.79 Å². The second-order valence-corrected chi connectivity index (χ2v) is 6.61. The van der Waals surface area contributed by atoms with E-state index in [0.29, 0.717) is 10.9 Å². The minimum absolute atomic E-state index is 0.00834. The van der Waals surface area contributed by atoms with E-state index in [1.807, 2.05) is 31.2 Å². The van der Waals surface area contributed by atoms with Crippen LogP contribution in [0.2, 0.25) is 0 Å². The number of carbonyl (C=O) groups excluding carboxylic acids is 2. The lowest BCUT2D eigenvalue weighted by Gasteiger charge is -2.22. The summed E-state index contributed by atoms with van der Waals surface area (Å²) in [6.07, 6.45) is 0.772. The fraction of sp³-hybridized carbons (Fsp3) is 0.190. The van der Waals surface area contributed by atoms with Gasteiger partial charge in [0.15, 0.2) is 6.61 Å². The molecule has 1 N–H and O–H groups in total. The van der Waals surface area contributed by atoms with Crippen molar-refractivity contribution in [3.63, 3.8) is 0 Å². The summed E-state index contributed by atoms with van der Waals surface area (Å²) in [6.45, 7) is 1.59. The molecule has 2 heterocycles. The predicted molar refractivity (Wildman–Crippen MR) is 102 cm³/mol. The van der Waals surface area contributed by atoms with Gasteiger partial charge in [0.25, 0.3) is 5.91 Å². The predicted octanol–water partition coefficient (Wildman–Crippen LogP) is 2.66. The van der Waals surface area contributed by atoms with Gasteiger partial charge in [-0.15, -0.1) is 0 Å². The standard InChI is InChI=1S/C21H18N2O4/c1-13-10-14-6-2-5-9-18(14)23(13)20(25)12-27-21(26)16-11-19(24)22-17-8-4-3-7-15(16)17/h2-9,11,13H,10,12H2,1H3,(H,22,24)/t13-/m1/s1. The largest absolute Gasteiger partial charge is 0.452 e. The Morgan fingerprint density at radius 2 is 1.89 bits per heavy atom. The van der Waals surface area contributed by atoms with E-state index in [-0.39, 0.29) is 24.1 Å². The monoisotopic (exact) mass is 362 g/mol. The average molecular weight is 362 g/mol. The highest BCUT2D eigenvalue weighted by molar-refractivity contribution is 6.04. The van der Waals surface area contributed by atoms with Gasteiger partial charge >= 0.3 is 5.97 Å². The van der Waals surface area contributed by atoms with E-state index in [9.17, 15) is 14.4 Å². The van der Waals surface area contributed by atoms with E-state index in [1.165, 1.54) is 6.07 Å². The fourth-order valence-corrected chi connectivity index (χ4v) is 3.59. The van der Waals surface area contributed by atoms with Gasteiger partial charge in [-0.3, -0.25) is 9.59 Å². The van der Waals surface area contributed by atoms with E-state index in [0.717, 1.165) is 17.7 Å². The number of anilines is 1. The summed E-state index contributed by atoms with van der Waals surface area (Å²) in [4.78, 5) is 41.3. The number of ether oxygens (including phenoxy) is 1. The second kappa shape index (κ2) is 6.72. The Morgan fingerprint density at radius 3 is 2.74 bits per heavy atom. The first-order chi connectivity index (χ1) is 13.0. The summed E-state index contributed by atoms with van der Waals surface area (Å²) in [6, 6.07) is 15.9. The maximum absolute atomic E-state index is 12.7. The molecule has 6 heteroatoms. The Kier molecular flexibility index (Phi) is 4.24. The van der Waals surface area contributed by atoms with Crippen LogP contribution in [0.25, 0.3) is 10.9 Å². The van der Waals surface area contributed by atoms with Crippen LogP contribution in [0.1, 0.15) is 22.8 Å². The molecule has 0 bridgehead atoms. The lowest BCUT2D eigenvalue weighted by atomic mass is 10.1. The van der Waals surface area contributed by atoms with Crippen molar-refractivity contribution >= 4 is 28.5 Å². The molecule has 0 aliphatic carbocycles. The molecule has 27 heavy (non-hydrogen) atoms. The second-order valence-electron chi connectivity index (χ2n) is 6.61. The third kappa shape index (κ3) is 3.10. The van der Waals surface area contributed by atoms with Gasteiger partial charge in [0.2, 0.25) is 5.56 Å². The van der Waals surface area contributed by atoms with Crippen molar-refractivity contribution in [3.8, 4) is 0 Å². The molecule has 3 aromatic rings. The normalized spacial score (nSPS) is 15.6. The van der Waals surface area contributed by atoms with E-state index >= 15 is 0 Å². The summed E-state index contributed by atoms with van der Waals surface area (Å²) in [5, 5.41) is 0.578. The maximum Gasteiger partial charge on any atom is 0.339 e. The van der Waals surface area contributed by atoms with Crippen LogP contribution in [0.15, 0.2) is 59.4 Å². The van der Waals surface area contributed by atoms with Crippen molar-refractivity contribution < 1.29 is 14.3 Å². The van der Waals surface area contributed by atoms with Crippen LogP contribution in [0.5, 0.6) is 0 Å². The molecule has 1 aliphatic heterocycles. The van der Waals surface area contributed by atoms with Gasteiger partial charge in [-0.05, 0) is 31.0 Å². The SMILES string of the molecule is C[C@@H]1Cc2ccccc2N1C(=O)COC(=O)c1cc(=O)[nH]c2ccccc12. The zero-order valence-electron chi connectivity index (χ0n) is 14.8. The molecule has 0 unspecified atom stereocenters. The summed E-state index contributed by atoms with van der Waals surface area (Å²) in [5.41, 5.74) is 2.26. The quantitative estimate of drug-likeness (QED) is 0.727. The van der Waals surface area contributed by atoms with Crippen molar-refractivity contribution in [1.29, 1.82) is 0 Å². The average Bonchev–Trinajstić information content (AvgIpc) is 3.00. The van der Waals surface area contributed by atoms with Crippen molar-refractivity contribution in [2.45, 2.75) is 19.4 Å². The zero-order valence-corrected chi connectivity index (χ0v) is 14.8. The number of carbonyl (C=O) groups is 2. The molecule has 0 spiro atoms. The number of nitrogens with zero attached hydrogens (tertiary/aromatic N) is 1. The molecule has 1 aromatic heterocycles. The first-order valence-corrected chi connectivity index (χ1v) is 8.74. The molecule has 6 nitrogen and oxygen atoms in total. The first-order valence-electron chi connectivity index (χ1n) is 8.74. The highest BCUT2D eigenvalue weighted by atomic mass is 16.5. The van der Waals surface area contributed by atoms with Gasteiger partial charge in [0, 0.05) is 28.7 Å². The van der Waals surface area contributed by atoms with Gasteiger partial charge in [-0.1, -0.05) is 36.4 Å². The van der Waals surface area contributed by atoms with Crippen LogP contribution in [-0.4, -0.2) is 29.5 Å². The molecule has 4 rings (SSSR count). The molecular weight excluding hydrogens is 344 g/mol. The molecule has 1 atom stereocenters. The van der Waals surface area contributed by atoms with Crippen LogP contribution >= 0.6 is 0 Å². The molecule has 0 saturated carbocycles. The van der Waals surface area contributed by atoms with Crippen molar-refractivity contribution in [3.05, 3.63) is 76.1 Å². The minimum atomic E-state index is -0.689. The van der Waals surface area contributed by atoms with Crippen LogP contribution in [0.4, 0.5) is 5.69 Å². The van der Waals surface area contributed by atoms with E-state index in [2.05, 4.69) is 4.98 Å². The first kappa shape index (κ1) is 17.0. The number of para-hydroxylation sites is 2. The van der Waals surface area contributed by atoms with E-state index in [1.54, 1.807) is 29.2 Å². The lowest BCUT2D eigenvalue weighted by molar-refractivity contribution is -0.122. The molecular formula is C21H18N2O4. The Labute approximate surface area is 155 Å².